The molecule has 2 aliphatic rings. The second-order valence-corrected chi connectivity index (χ2v) is 7.82. The lowest BCUT2D eigenvalue weighted by Gasteiger charge is -2.26. The highest BCUT2D eigenvalue weighted by Gasteiger charge is 2.28. The SMILES string of the molecule is O=S(=O)(CC1CCCNC1)N1CCCN(CCO)CC1. The predicted molar refractivity (Wildman–Crippen MR) is 79.1 cm³/mol. The molecule has 0 aliphatic carbocycles. The van der Waals surface area contributed by atoms with E-state index in [1.807, 2.05) is 0 Å². The quantitative estimate of drug-likeness (QED) is 0.704. The fraction of sp³-hybridized carbons (Fsp3) is 1.00. The minimum absolute atomic E-state index is 0.139. The van der Waals surface area contributed by atoms with Gasteiger partial charge in [-0.1, -0.05) is 0 Å². The molecule has 118 valence electrons. The van der Waals surface area contributed by atoms with E-state index in [1.165, 1.54) is 0 Å². The molecule has 0 aromatic rings. The van der Waals surface area contributed by atoms with Crippen molar-refractivity contribution in [1.29, 1.82) is 0 Å². The van der Waals surface area contributed by atoms with Crippen molar-refractivity contribution in [2.45, 2.75) is 19.3 Å². The first-order valence-electron chi connectivity index (χ1n) is 7.63. The summed E-state index contributed by atoms with van der Waals surface area (Å²) in [5, 5.41) is 12.2. The average molecular weight is 305 g/mol. The summed E-state index contributed by atoms with van der Waals surface area (Å²) in [5.41, 5.74) is 0. The van der Waals surface area contributed by atoms with Gasteiger partial charge in [0.1, 0.15) is 0 Å². The second-order valence-electron chi connectivity index (χ2n) is 5.81. The van der Waals surface area contributed by atoms with Gasteiger partial charge in [0.05, 0.1) is 12.4 Å². The Hall–Kier alpha value is -0.210. The van der Waals surface area contributed by atoms with E-state index in [4.69, 9.17) is 5.11 Å². The number of β-amino-alcohol motifs (C(OH)–C–C–N with tert-alkyl or cyclic N) is 1. The Bertz CT molecular complexity index is 382. The number of rotatable bonds is 5. The Kier molecular flexibility index (Phi) is 6.22. The molecule has 0 radical (unpaired) electrons. The van der Waals surface area contributed by atoms with Crippen LogP contribution in [0.25, 0.3) is 0 Å². The van der Waals surface area contributed by atoms with Gasteiger partial charge in [-0.15, -0.1) is 0 Å². The highest BCUT2D eigenvalue weighted by Crippen LogP contribution is 2.16. The summed E-state index contributed by atoms with van der Waals surface area (Å²) >= 11 is 0. The zero-order valence-corrected chi connectivity index (χ0v) is 12.9. The second kappa shape index (κ2) is 7.70. The zero-order chi connectivity index (χ0) is 14.4. The number of aliphatic hydroxyl groups is 1. The summed E-state index contributed by atoms with van der Waals surface area (Å²) < 4.78 is 26.7. The van der Waals surface area contributed by atoms with E-state index in [2.05, 4.69) is 10.2 Å². The number of nitrogens with zero attached hydrogens (tertiary/aromatic N) is 2. The van der Waals surface area contributed by atoms with E-state index >= 15 is 0 Å². The molecule has 1 atom stereocenters. The van der Waals surface area contributed by atoms with E-state index in [1.54, 1.807) is 4.31 Å². The summed E-state index contributed by atoms with van der Waals surface area (Å²) in [4.78, 5) is 2.14. The number of sulfonamides is 1. The smallest absolute Gasteiger partial charge is 0.214 e. The molecule has 0 aromatic heterocycles. The van der Waals surface area contributed by atoms with Crippen LogP contribution in [0.4, 0.5) is 0 Å². The Balaban J connectivity index is 1.88. The van der Waals surface area contributed by atoms with Gasteiger partial charge in [0.2, 0.25) is 10.0 Å². The third-order valence-electron chi connectivity index (χ3n) is 4.20. The van der Waals surface area contributed by atoms with Crippen molar-refractivity contribution in [3.05, 3.63) is 0 Å². The zero-order valence-electron chi connectivity index (χ0n) is 12.1. The molecule has 2 N–H and O–H groups in total. The molecule has 0 amide bonds. The van der Waals surface area contributed by atoms with Crippen LogP contribution >= 0.6 is 0 Å². The van der Waals surface area contributed by atoms with Crippen LogP contribution < -0.4 is 5.32 Å². The monoisotopic (exact) mass is 305 g/mol. The molecule has 1 unspecified atom stereocenters. The van der Waals surface area contributed by atoms with Crippen LogP contribution in [0.3, 0.4) is 0 Å². The van der Waals surface area contributed by atoms with Crippen molar-refractivity contribution >= 4 is 10.0 Å². The summed E-state index contributed by atoms with van der Waals surface area (Å²) in [6.07, 6.45) is 2.93. The number of hydrogen-bond acceptors (Lipinski definition) is 5. The van der Waals surface area contributed by atoms with Crippen LogP contribution in [-0.4, -0.2) is 80.9 Å². The topological polar surface area (TPSA) is 72.9 Å². The molecule has 2 rings (SSSR count). The lowest BCUT2D eigenvalue weighted by Crippen LogP contribution is -2.41. The van der Waals surface area contributed by atoms with Gasteiger partial charge in [0.25, 0.3) is 0 Å². The molecule has 7 heteroatoms. The van der Waals surface area contributed by atoms with Crippen molar-refractivity contribution in [1.82, 2.24) is 14.5 Å². The highest BCUT2D eigenvalue weighted by molar-refractivity contribution is 7.89. The van der Waals surface area contributed by atoms with Crippen LogP contribution in [0, 0.1) is 5.92 Å². The minimum Gasteiger partial charge on any atom is -0.395 e. The van der Waals surface area contributed by atoms with Gasteiger partial charge in [0, 0.05) is 26.2 Å². The molecule has 0 spiro atoms. The van der Waals surface area contributed by atoms with Crippen molar-refractivity contribution in [3.63, 3.8) is 0 Å². The molecule has 6 nitrogen and oxygen atoms in total. The molecular formula is C13H27N3O3S. The molecule has 0 saturated carbocycles. The standard InChI is InChI=1S/C13H27N3O3S/c17-10-9-15-5-2-6-16(8-7-15)20(18,19)12-13-3-1-4-14-11-13/h13-14,17H,1-12H2. The number of aliphatic hydroxyl groups excluding tert-OH is 1. The third kappa shape index (κ3) is 4.66. The third-order valence-corrected chi connectivity index (χ3v) is 6.25. The van der Waals surface area contributed by atoms with E-state index < -0.39 is 10.0 Å². The van der Waals surface area contributed by atoms with Gasteiger partial charge in [0.15, 0.2) is 0 Å². The van der Waals surface area contributed by atoms with Crippen LogP contribution in [0.2, 0.25) is 0 Å². The Labute approximate surface area is 122 Å². The van der Waals surface area contributed by atoms with Crippen LogP contribution in [-0.2, 0) is 10.0 Å². The lowest BCUT2D eigenvalue weighted by atomic mass is 10.0. The molecule has 2 heterocycles. The molecular weight excluding hydrogens is 278 g/mol. The minimum atomic E-state index is -3.14. The van der Waals surface area contributed by atoms with E-state index in [-0.39, 0.29) is 18.3 Å². The first-order chi connectivity index (χ1) is 9.62. The van der Waals surface area contributed by atoms with Crippen LogP contribution in [0.1, 0.15) is 19.3 Å². The van der Waals surface area contributed by atoms with Crippen LogP contribution in [0.15, 0.2) is 0 Å². The van der Waals surface area contributed by atoms with Crippen molar-refractivity contribution in [2.24, 2.45) is 5.92 Å². The van der Waals surface area contributed by atoms with E-state index in [0.717, 1.165) is 45.4 Å². The summed E-state index contributed by atoms with van der Waals surface area (Å²) in [5.74, 6) is 0.533. The number of piperidine rings is 1. The Morgan fingerprint density at radius 2 is 2.00 bits per heavy atom. The van der Waals surface area contributed by atoms with E-state index in [9.17, 15) is 8.42 Å². The largest absolute Gasteiger partial charge is 0.395 e. The lowest BCUT2D eigenvalue weighted by molar-refractivity contribution is 0.202. The van der Waals surface area contributed by atoms with Gasteiger partial charge in [-0.3, -0.25) is 4.90 Å². The van der Waals surface area contributed by atoms with Gasteiger partial charge in [-0.05, 0) is 44.8 Å². The van der Waals surface area contributed by atoms with Gasteiger partial charge >= 0.3 is 0 Å². The maximum Gasteiger partial charge on any atom is 0.214 e. The summed E-state index contributed by atoms with van der Waals surface area (Å²) in [6.45, 7) is 5.38. The summed E-state index contributed by atoms with van der Waals surface area (Å²) in [6, 6.07) is 0. The Morgan fingerprint density at radius 1 is 1.15 bits per heavy atom. The summed E-state index contributed by atoms with van der Waals surface area (Å²) in [7, 11) is -3.14. The number of hydrogen-bond donors (Lipinski definition) is 2. The molecule has 2 aliphatic heterocycles. The van der Waals surface area contributed by atoms with Crippen molar-refractivity contribution in [2.75, 3.05) is 58.2 Å². The van der Waals surface area contributed by atoms with Gasteiger partial charge in [-0.25, -0.2) is 12.7 Å². The molecule has 2 saturated heterocycles. The molecule has 0 aromatic carbocycles. The fourth-order valence-electron chi connectivity index (χ4n) is 3.06. The Morgan fingerprint density at radius 3 is 2.70 bits per heavy atom. The molecule has 2 fully saturated rings. The normalized spacial score (nSPS) is 27.4. The maximum atomic E-state index is 12.5. The van der Waals surface area contributed by atoms with Crippen molar-refractivity contribution < 1.29 is 13.5 Å². The molecule has 0 bridgehead atoms. The van der Waals surface area contributed by atoms with E-state index in [0.29, 0.717) is 19.6 Å². The fourth-order valence-corrected chi connectivity index (χ4v) is 4.92. The maximum absolute atomic E-state index is 12.5. The molecule has 20 heavy (non-hydrogen) atoms. The van der Waals surface area contributed by atoms with Gasteiger partial charge in [-0.2, -0.15) is 0 Å². The van der Waals surface area contributed by atoms with Crippen LogP contribution in [0.5, 0.6) is 0 Å². The highest BCUT2D eigenvalue weighted by atomic mass is 32.2. The van der Waals surface area contributed by atoms with Crippen molar-refractivity contribution in [3.8, 4) is 0 Å². The van der Waals surface area contributed by atoms with Gasteiger partial charge < -0.3 is 10.4 Å². The first kappa shape index (κ1) is 16.2. The average Bonchev–Trinajstić information content (AvgIpc) is 2.66. The predicted octanol–water partition coefficient (Wildman–Crippen LogP) is -0.684. The first-order valence-corrected chi connectivity index (χ1v) is 9.24. The number of nitrogens with one attached hydrogen (secondary N) is 1.